The number of hydrogen-bond acceptors (Lipinski definition) is 3. The summed E-state index contributed by atoms with van der Waals surface area (Å²) in [4.78, 5) is 27.0. The lowest BCUT2D eigenvalue weighted by Crippen LogP contribution is -2.60. The van der Waals surface area contributed by atoms with Gasteiger partial charge < -0.3 is 9.64 Å². The minimum absolute atomic E-state index is 0.166. The molecule has 3 amide bonds. The van der Waals surface area contributed by atoms with Crippen LogP contribution in [0.5, 0.6) is 5.75 Å². The lowest BCUT2D eigenvalue weighted by molar-refractivity contribution is -0.134. The maximum Gasteiger partial charge on any atom is 0.327 e. The van der Waals surface area contributed by atoms with Crippen LogP contribution < -0.4 is 4.74 Å². The van der Waals surface area contributed by atoms with E-state index in [1.54, 1.807) is 11.9 Å². The fourth-order valence-electron chi connectivity index (χ4n) is 2.83. The molecular weight excluding hydrogens is 244 g/mol. The van der Waals surface area contributed by atoms with Crippen molar-refractivity contribution in [2.24, 2.45) is 0 Å². The van der Waals surface area contributed by atoms with Gasteiger partial charge in [0.1, 0.15) is 17.9 Å². The number of nitrogens with zero attached hydrogens (tertiary/aromatic N) is 2. The van der Waals surface area contributed by atoms with E-state index < -0.39 is 5.54 Å². The number of urea groups is 1. The number of hydrogen-bond donors (Lipinski definition) is 0. The molecule has 2 aliphatic rings. The number of carbonyl (C=O) groups excluding carboxylic acids is 2. The first kappa shape index (κ1) is 12.0. The van der Waals surface area contributed by atoms with Gasteiger partial charge in [0.05, 0.1) is 6.42 Å². The molecule has 1 fully saturated rings. The predicted molar refractivity (Wildman–Crippen MR) is 68.9 cm³/mol. The van der Waals surface area contributed by atoms with Gasteiger partial charge in [-0.05, 0) is 19.1 Å². The van der Waals surface area contributed by atoms with E-state index in [4.69, 9.17) is 4.74 Å². The molecule has 5 nitrogen and oxygen atoms in total. The molecule has 0 aromatic heterocycles. The Morgan fingerprint density at radius 1 is 1.26 bits per heavy atom. The van der Waals surface area contributed by atoms with Crippen molar-refractivity contribution < 1.29 is 14.3 Å². The second kappa shape index (κ2) is 3.73. The zero-order valence-corrected chi connectivity index (χ0v) is 11.3. The summed E-state index contributed by atoms with van der Waals surface area (Å²) in [5, 5.41) is 0. The number of imide groups is 1. The van der Waals surface area contributed by atoms with E-state index in [0.717, 1.165) is 16.9 Å². The van der Waals surface area contributed by atoms with Crippen molar-refractivity contribution >= 4 is 11.9 Å². The Bertz CT molecular complexity index is 584. The molecule has 0 saturated carbocycles. The molecule has 2 aliphatic heterocycles. The van der Waals surface area contributed by atoms with Crippen LogP contribution in [-0.2, 0) is 10.3 Å². The summed E-state index contributed by atoms with van der Waals surface area (Å²) in [7, 11) is 3.24. The van der Waals surface area contributed by atoms with Gasteiger partial charge in [-0.1, -0.05) is 11.6 Å². The Morgan fingerprint density at radius 3 is 2.74 bits per heavy atom. The molecule has 0 N–H and O–H groups in total. The third-order valence-electron chi connectivity index (χ3n) is 4.14. The molecule has 2 heterocycles. The topological polar surface area (TPSA) is 49.9 Å². The molecule has 1 unspecified atom stereocenters. The Labute approximate surface area is 111 Å². The van der Waals surface area contributed by atoms with Gasteiger partial charge in [-0.3, -0.25) is 9.69 Å². The standard InChI is InChI=1S/C14H16N2O3/c1-9-4-5-11-10(6-9)14(8-19-11)7-12(17)15(2)13(18)16(14)3/h4-6H,7-8H2,1-3H3. The number of carbonyl (C=O) groups is 2. The Hall–Kier alpha value is -2.04. The molecule has 1 aromatic rings. The van der Waals surface area contributed by atoms with E-state index in [9.17, 15) is 9.59 Å². The zero-order chi connectivity index (χ0) is 13.8. The molecule has 0 aliphatic carbocycles. The maximum atomic E-state index is 12.2. The van der Waals surface area contributed by atoms with E-state index in [0.29, 0.717) is 6.61 Å². The summed E-state index contributed by atoms with van der Waals surface area (Å²) < 4.78 is 5.68. The third-order valence-corrected chi connectivity index (χ3v) is 4.14. The number of rotatable bonds is 0. The van der Waals surface area contributed by atoms with Crippen molar-refractivity contribution in [1.29, 1.82) is 0 Å². The number of ether oxygens (including phenoxy) is 1. The predicted octanol–water partition coefficient (Wildman–Crippen LogP) is 1.50. The normalized spacial score (nSPS) is 25.8. The average Bonchev–Trinajstić information content (AvgIpc) is 2.74. The van der Waals surface area contributed by atoms with E-state index >= 15 is 0 Å². The molecule has 5 heteroatoms. The first-order valence-corrected chi connectivity index (χ1v) is 6.24. The van der Waals surface area contributed by atoms with Crippen molar-refractivity contribution in [3.05, 3.63) is 29.3 Å². The summed E-state index contributed by atoms with van der Waals surface area (Å²) in [6.07, 6.45) is 0.266. The fourth-order valence-corrected chi connectivity index (χ4v) is 2.83. The van der Waals surface area contributed by atoms with Crippen LogP contribution in [0.4, 0.5) is 4.79 Å². The first-order valence-electron chi connectivity index (χ1n) is 6.24. The Balaban J connectivity index is 2.14. The van der Waals surface area contributed by atoms with Gasteiger partial charge in [0.25, 0.3) is 0 Å². The minimum atomic E-state index is -0.651. The van der Waals surface area contributed by atoms with E-state index in [1.165, 1.54) is 11.9 Å². The summed E-state index contributed by atoms with van der Waals surface area (Å²) in [5.41, 5.74) is 1.38. The zero-order valence-electron chi connectivity index (χ0n) is 11.3. The molecule has 0 bridgehead atoms. The number of likely N-dealkylation sites (N-methyl/N-ethyl adjacent to an activating group) is 1. The Kier molecular flexibility index (Phi) is 2.36. The molecule has 1 aromatic carbocycles. The number of fused-ring (bicyclic) bond motifs is 2. The molecule has 1 saturated heterocycles. The highest BCUT2D eigenvalue weighted by Crippen LogP contribution is 2.45. The summed E-state index contributed by atoms with van der Waals surface area (Å²) >= 11 is 0. The summed E-state index contributed by atoms with van der Waals surface area (Å²) in [6, 6.07) is 5.59. The smallest absolute Gasteiger partial charge is 0.327 e. The highest BCUT2D eigenvalue weighted by Gasteiger charge is 2.52. The highest BCUT2D eigenvalue weighted by molar-refractivity contribution is 5.98. The molecule has 1 spiro atoms. The van der Waals surface area contributed by atoms with Crippen LogP contribution in [0.25, 0.3) is 0 Å². The van der Waals surface area contributed by atoms with Crippen LogP contribution in [0.2, 0.25) is 0 Å². The van der Waals surface area contributed by atoms with Crippen LogP contribution in [0.3, 0.4) is 0 Å². The van der Waals surface area contributed by atoms with E-state index in [-0.39, 0.29) is 18.4 Å². The lowest BCUT2D eigenvalue weighted by atomic mass is 9.84. The van der Waals surface area contributed by atoms with Gasteiger partial charge in [-0.2, -0.15) is 0 Å². The fraction of sp³-hybridized carbons (Fsp3) is 0.429. The minimum Gasteiger partial charge on any atom is -0.490 e. The molecule has 0 radical (unpaired) electrons. The van der Waals surface area contributed by atoms with Gasteiger partial charge in [0.2, 0.25) is 5.91 Å². The molecule has 100 valence electrons. The molecule has 3 rings (SSSR count). The van der Waals surface area contributed by atoms with Crippen LogP contribution in [0.1, 0.15) is 17.5 Å². The van der Waals surface area contributed by atoms with Crippen molar-refractivity contribution in [2.45, 2.75) is 18.9 Å². The number of aryl methyl sites for hydroxylation is 1. The highest BCUT2D eigenvalue weighted by atomic mass is 16.5. The third kappa shape index (κ3) is 1.47. The summed E-state index contributed by atoms with van der Waals surface area (Å²) in [5.74, 6) is 0.601. The number of amides is 3. The van der Waals surface area contributed by atoms with Crippen LogP contribution in [-0.4, -0.2) is 42.4 Å². The average molecular weight is 260 g/mol. The quantitative estimate of drug-likeness (QED) is 0.710. The van der Waals surface area contributed by atoms with Crippen molar-refractivity contribution in [3.8, 4) is 5.75 Å². The Morgan fingerprint density at radius 2 is 2.00 bits per heavy atom. The lowest BCUT2D eigenvalue weighted by Gasteiger charge is -2.43. The molecule has 1 atom stereocenters. The van der Waals surface area contributed by atoms with E-state index in [2.05, 4.69) is 0 Å². The van der Waals surface area contributed by atoms with Gasteiger partial charge in [-0.25, -0.2) is 4.79 Å². The van der Waals surface area contributed by atoms with Crippen LogP contribution in [0, 0.1) is 6.92 Å². The molecular formula is C14H16N2O3. The molecule has 19 heavy (non-hydrogen) atoms. The number of benzene rings is 1. The van der Waals surface area contributed by atoms with Gasteiger partial charge in [0.15, 0.2) is 0 Å². The van der Waals surface area contributed by atoms with E-state index in [1.807, 2.05) is 25.1 Å². The van der Waals surface area contributed by atoms with Crippen LogP contribution in [0.15, 0.2) is 18.2 Å². The second-order valence-corrected chi connectivity index (χ2v) is 5.29. The largest absolute Gasteiger partial charge is 0.490 e. The van der Waals surface area contributed by atoms with Crippen molar-refractivity contribution in [2.75, 3.05) is 20.7 Å². The first-order chi connectivity index (χ1) is 8.95. The summed E-state index contributed by atoms with van der Waals surface area (Å²) in [6.45, 7) is 2.33. The van der Waals surface area contributed by atoms with Gasteiger partial charge in [0, 0.05) is 19.7 Å². The second-order valence-electron chi connectivity index (χ2n) is 5.29. The monoisotopic (exact) mass is 260 g/mol. The van der Waals surface area contributed by atoms with Crippen molar-refractivity contribution in [3.63, 3.8) is 0 Å². The van der Waals surface area contributed by atoms with Gasteiger partial charge >= 0.3 is 6.03 Å². The van der Waals surface area contributed by atoms with Gasteiger partial charge in [-0.15, -0.1) is 0 Å². The van der Waals surface area contributed by atoms with Crippen LogP contribution >= 0.6 is 0 Å². The van der Waals surface area contributed by atoms with Crippen molar-refractivity contribution in [1.82, 2.24) is 9.80 Å². The SMILES string of the molecule is Cc1ccc2c(c1)C1(CO2)CC(=O)N(C)C(=O)N1C. The maximum absolute atomic E-state index is 12.2.